The van der Waals surface area contributed by atoms with E-state index in [0.717, 1.165) is 47.1 Å². The van der Waals surface area contributed by atoms with Crippen LogP contribution in [-0.2, 0) is 12.8 Å². The van der Waals surface area contributed by atoms with Gasteiger partial charge in [0.15, 0.2) is 0 Å². The molecule has 11 heteroatoms. The second-order valence-corrected chi connectivity index (χ2v) is 7.67. The Morgan fingerprint density at radius 3 is 2.94 bits per heavy atom. The van der Waals surface area contributed by atoms with Gasteiger partial charge < -0.3 is 20.6 Å². The van der Waals surface area contributed by atoms with Gasteiger partial charge in [0.2, 0.25) is 5.95 Å². The van der Waals surface area contributed by atoms with Crippen LogP contribution in [0.5, 0.6) is 5.75 Å². The minimum Gasteiger partial charge on any atom is -0.493 e. The van der Waals surface area contributed by atoms with E-state index in [-0.39, 0.29) is 22.9 Å². The largest absolute Gasteiger partial charge is 0.493 e. The number of nitrogens with zero attached hydrogens (tertiary/aromatic N) is 3. The van der Waals surface area contributed by atoms with Crippen molar-refractivity contribution in [2.45, 2.75) is 25.7 Å². The van der Waals surface area contributed by atoms with Gasteiger partial charge in [0.1, 0.15) is 17.1 Å². The molecule has 0 saturated carbocycles. The van der Waals surface area contributed by atoms with Crippen molar-refractivity contribution < 1.29 is 14.6 Å². The van der Waals surface area contributed by atoms with E-state index in [1.807, 2.05) is 12.1 Å². The molecule has 10 nitrogen and oxygen atoms in total. The number of rotatable bonds is 9. The van der Waals surface area contributed by atoms with E-state index in [2.05, 4.69) is 20.4 Å². The number of carboxylic acid groups (broad SMARTS) is 1. The molecule has 0 bridgehead atoms. The summed E-state index contributed by atoms with van der Waals surface area (Å²) in [5, 5.41) is 24.3. The van der Waals surface area contributed by atoms with Gasteiger partial charge in [-0.2, -0.15) is 5.10 Å². The van der Waals surface area contributed by atoms with Gasteiger partial charge in [-0.25, -0.2) is 14.5 Å². The van der Waals surface area contributed by atoms with Crippen LogP contribution >= 0.6 is 11.6 Å². The van der Waals surface area contributed by atoms with E-state index in [1.54, 1.807) is 0 Å². The number of anilines is 1. The third-order valence-electron chi connectivity index (χ3n) is 5.18. The van der Waals surface area contributed by atoms with Gasteiger partial charge in [-0.3, -0.25) is 9.78 Å². The smallest absolute Gasteiger partial charge is 0.338 e. The third-order valence-corrected chi connectivity index (χ3v) is 5.54. The third kappa shape index (κ3) is 4.35. The zero-order valence-corrected chi connectivity index (χ0v) is 17.8. The number of aromatic amines is 1. The molecular weight excluding hydrogens is 436 g/mol. The van der Waals surface area contributed by atoms with Crippen molar-refractivity contribution in [3.8, 4) is 11.7 Å². The first-order chi connectivity index (χ1) is 15.5. The highest BCUT2D eigenvalue weighted by Crippen LogP contribution is 2.35. The van der Waals surface area contributed by atoms with Crippen molar-refractivity contribution in [2.75, 3.05) is 18.5 Å². The molecule has 0 saturated heterocycles. The zero-order valence-electron chi connectivity index (χ0n) is 17.0. The number of aromatic carboxylic acids is 1. The fourth-order valence-electron chi connectivity index (χ4n) is 3.64. The summed E-state index contributed by atoms with van der Waals surface area (Å²) in [7, 11) is 0. The number of carboxylic acids is 1. The Kier molecular flexibility index (Phi) is 6.22. The molecule has 3 aromatic rings. The Bertz CT molecular complexity index is 1240. The van der Waals surface area contributed by atoms with Crippen LogP contribution in [0.1, 0.15) is 40.0 Å². The summed E-state index contributed by atoms with van der Waals surface area (Å²) in [5.41, 5.74) is 2.09. The van der Waals surface area contributed by atoms with Crippen LogP contribution in [0, 0.1) is 5.41 Å². The Labute approximate surface area is 187 Å². The molecule has 2 aromatic heterocycles. The molecule has 0 spiro atoms. The maximum absolute atomic E-state index is 12.5. The minimum absolute atomic E-state index is 0.0199. The lowest BCUT2D eigenvalue weighted by molar-refractivity contribution is 0.0697. The van der Waals surface area contributed by atoms with Gasteiger partial charge in [-0.15, -0.1) is 0 Å². The molecule has 0 fully saturated rings. The minimum atomic E-state index is -1.14. The van der Waals surface area contributed by atoms with Crippen LogP contribution in [0.2, 0.25) is 5.02 Å². The number of H-pyrrole nitrogens is 1. The van der Waals surface area contributed by atoms with E-state index in [0.29, 0.717) is 19.6 Å². The van der Waals surface area contributed by atoms with Crippen LogP contribution in [0.15, 0.2) is 29.3 Å². The van der Waals surface area contributed by atoms with Crippen molar-refractivity contribution in [1.29, 1.82) is 5.41 Å². The quantitative estimate of drug-likeness (QED) is 0.286. The number of benzene rings is 1. The number of nitrogens with one attached hydrogen (secondary N) is 3. The van der Waals surface area contributed by atoms with Crippen molar-refractivity contribution in [3.05, 3.63) is 62.3 Å². The summed E-state index contributed by atoms with van der Waals surface area (Å²) in [6.45, 7) is 0.890. The Morgan fingerprint density at radius 2 is 2.19 bits per heavy atom. The number of ether oxygens (including phenoxy) is 1. The van der Waals surface area contributed by atoms with Crippen molar-refractivity contribution in [3.63, 3.8) is 0 Å². The molecule has 1 aliphatic rings. The second kappa shape index (κ2) is 9.23. The highest BCUT2D eigenvalue weighted by atomic mass is 35.5. The fraction of sp³-hybridized carbons (Fsp3) is 0.286. The molecule has 0 aliphatic heterocycles. The average Bonchev–Trinajstić information content (AvgIpc) is 3.46. The molecule has 0 radical (unpaired) electrons. The van der Waals surface area contributed by atoms with E-state index < -0.39 is 11.5 Å². The Morgan fingerprint density at radius 1 is 1.38 bits per heavy atom. The summed E-state index contributed by atoms with van der Waals surface area (Å²) in [5.74, 6) is -0.271. The van der Waals surface area contributed by atoms with Crippen molar-refractivity contribution in [1.82, 2.24) is 19.7 Å². The monoisotopic (exact) mass is 456 g/mol. The number of aromatic nitrogens is 4. The lowest BCUT2D eigenvalue weighted by Crippen LogP contribution is -2.22. The van der Waals surface area contributed by atoms with E-state index in [9.17, 15) is 9.59 Å². The highest BCUT2D eigenvalue weighted by Gasteiger charge is 2.19. The van der Waals surface area contributed by atoms with Gasteiger partial charge in [-0.05, 0) is 48.9 Å². The first kappa shape index (κ1) is 21.6. The molecule has 0 unspecified atom stereocenters. The van der Waals surface area contributed by atoms with E-state index >= 15 is 0 Å². The van der Waals surface area contributed by atoms with Crippen LogP contribution in [0.25, 0.3) is 5.95 Å². The summed E-state index contributed by atoms with van der Waals surface area (Å²) in [6, 6.07) is 3.76. The number of fused-ring (bicyclic) bond motifs is 1. The second-order valence-electron chi connectivity index (χ2n) is 7.26. The maximum atomic E-state index is 12.5. The topological polar surface area (TPSA) is 146 Å². The van der Waals surface area contributed by atoms with Crippen molar-refractivity contribution in [2.24, 2.45) is 0 Å². The zero-order chi connectivity index (χ0) is 22.7. The molecular formula is C21H21ClN6O4. The lowest BCUT2D eigenvalue weighted by atomic mass is 10.1. The molecule has 2 heterocycles. The van der Waals surface area contributed by atoms with Crippen molar-refractivity contribution >= 4 is 29.5 Å². The van der Waals surface area contributed by atoms with Crippen LogP contribution in [-0.4, -0.2) is 50.2 Å². The van der Waals surface area contributed by atoms with E-state index in [4.69, 9.17) is 26.9 Å². The maximum Gasteiger partial charge on any atom is 0.338 e. The van der Waals surface area contributed by atoms with Gasteiger partial charge in [0.25, 0.3) is 5.56 Å². The summed E-state index contributed by atoms with van der Waals surface area (Å²) in [6.07, 6.45) is 6.96. The standard InChI is InChI=1S/C21H21ClN6O4/c22-15-5-6-17(14-4-1-3-13(14)15)32-8-2-7-24-18-16(9-23)26-21(27-19(18)29)28-11-12(10-25-28)20(30)31/h5-6,9-11,23-24H,1-4,7-8H2,(H,30,31)(H,26,27,29). The molecule has 0 amide bonds. The van der Waals surface area contributed by atoms with Crippen LogP contribution in [0.4, 0.5) is 5.69 Å². The lowest BCUT2D eigenvalue weighted by Gasteiger charge is -2.13. The normalized spacial score (nSPS) is 12.4. The van der Waals surface area contributed by atoms with Gasteiger partial charge in [0.05, 0.1) is 18.4 Å². The predicted molar refractivity (Wildman–Crippen MR) is 119 cm³/mol. The number of hydrogen-bond donors (Lipinski definition) is 4. The van der Waals surface area contributed by atoms with Gasteiger partial charge in [-0.1, -0.05) is 11.6 Å². The Hall–Kier alpha value is -3.66. The molecule has 4 N–H and O–H groups in total. The molecule has 1 aromatic carbocycles. The summed E-state index contributed by atoms with van der Waals surface area (Å²) in [4.78, 5) is 30.3. The highest BCUT2D eigenvalue weighted by molar-refractivity contribution is 6.31. The number of carbonyl (C=O) groups is 1. The average molecular weight is 457 g/mol. The molecule has 1 aliphatic carbocycles. The first-order valence-corrected chi connectivity index (χ1v) is 10.5. The van der Waals surface area contributed by atoms with E-state index in [1.165, 1.54) is 17.3 Å². The molecule has 32 heavy (non-hydrogen) atoms. The van der Waals surface area contributed by atoms with Crippen LogP contribution < -0.4 is 15.6 Å². The van der Waals surface area contributed by atoms with Gasteiger partial charge >= 0.3 is 5.97 Å². The first-order valence-electron chi connectivity index (χ1n) is 10.1. The summed E-state index contributed by atoms with van der Waals surface area (Å²) < 4.78 is 7.06. The van der Waals surface area contributed by atoms with Gasteiger partial charge in [0, 0.05) is 24.0 Å². The fourth-order valence-corrected chi connectivity index (χ4v) is 3.91. The Balaban J connectivity index is 1.38. The SMILES string of the molecule is N=Cc1nc(-n2cc(C(=O)O)cn2)[nH]c(=O)c1NCCCOc1ccc(Cl)c2c1CCC2. The molecule has 0 atom stereocenters. The van der Waals surface area contributed by atoms with Crippen LogP contribution in [0.3, 0.4) is 0 Å². The predicted octanol–water partition coefficient (Wildman–Crippen LogP) is 2.67. The molecule has 166 valence electrons. The number of hydrogen-bond acceptors (Lipinski definition) is 7. The summed E-state index contributed by atoms with van der Waals surface area (Å²) >= 11 is 6.25. The number of halogens is 1. The molecule has 4 rings (SSSR count).